The van der Waals surface area contributed by atoms with Crippen LogP contribution in [0.1, 0.15) is 24.5 Å². The number of fused-ring (bicyclic) bond motifs is 1. The lowest BCUT2D eigenvalue weighted by Gasteiger charge is -2.17. The van der Waals surface area contributed by atoms with Crippen LogP contribution < -0.4 is 0 Å². The van der Waals surface area contributed by atoms with Crippen molar-refractivity contribution in [3.8, 4) is 0 Å². The average Bonchev–Trinajstić information content (AvgIpc) is 2.26. The number of allylic oxidation sites excluding steroid dienone is 1. The molecule has 1 aliphatic carbocycles. The third kappa shape index (κ3) is 2.27. The van der Waals surface area contributed by atoms with Crippen LogP contribution in [0.5, 0.6) is 0 Å². The fourth-order valence-electron chi connectivity index (χ4n) is 1.88. The third-order valence-electron chi connectivity index (χ3n) is 2.60. The van der Waals surface area contributed by atoms with Gasteiger partial charge in [-0.15, -0.1) is 0 Å². The molecule has 2 rings (SSSR count). The van der Waals surface area contributed by atoms with Crippen LogP contribution in [0.3, 0.4) is 0 Å². The molecule has 0 radical (unpaired) electrons. The lowest BCUT2D eigenvalue weighted by atomic mass is 9.91. The molecule has 0 unspecified atom stereocenters. The Bertz CT molecular complexity index is 405. The highest BCUT2D eigenvalue weighted by Crippen LogP contribution is 2.26. The van der Waals surface area contributed by atoms with Crippen molar-refractivity contribution in [1.29, 1.82) is 0 Å². The summed E-state index contributed by atoms with van der Waals surface area (Å²) in [7, 11) is 0. The number of hydrogen-bond acceptors (Lipinski definition) is 2. The zero-order valence-electron chi connectivity index (χ0n) is 8.82. The maximum absolute atomic E-state index is 10.7. The molecule has 0 heterocycles. The van der Waals surface area contributed by atoms with Gasteiger partial charge >= 0.3 is 5.97 Å². The van der Waals surface area contributed by atoms with Gasteiger partial charge in [-0.3, -0.25) is 4.79 Å². The van der Waals surface area contributed by atoms with Gasteiger partial charge in [0.2, 0.25) is 0 Å². The van der Waals surface area contributed by atoms with Gasteiger partial charge in [-0.1, -0.05) is 30.3 Å². The number of rotatable bonds is 2. The number of hydrogen-bond donors (Lipinski definition) is 0. The summed E-state index contributed by atoms with van der Waals surface area (Å²) in [5.41, 5.74) is 3.71. The minimum Gasteiger partial charge on any atom is -0.461 e. The molecule has 0 aromatic heterocycles. The van der Waals surface area contributed by atoms with E-state index in [0.717, 1.165) is 18.4 Å². The highest BCUT2D eigenvalue weighted by Gasteiger charge is 2.12. The molecule has 0 saturated heterocycles. The van der Waals surface area contributed by atoms with Crippen LogP contribution in [-0.2, 0) is 16.0 Å². The molecular formula is C13H14O2. The molecule has 0 N–H and O–H groups in total. The van der Waals surface area contributed by atoms with E-state index in [-0.39, 0.29) is 5.97 Å². The van der Waals surface area contributed by atoms with Crippen molar-refractivity contribution in [3.63, 3.8) is 0 Å². The first kappa shape index (κ1) is 9.97. The quantitative estimate of drug-likeness (QED) is 0.689. The number of carbonyl (C=O) groups excluding carboxylic acids is 1. The summed E-state index contributed by atoms with van der Waals surface area (Å²) in [6.45, 7) is 1.83. The van der Waals surface area contributed by atoms with Crippen LogP contribution in [0, 0.1) is 0 Å². The van der Waals surface area contributed by atoms with Crippen molar-refractivity contribution in [1.82, 2.24) is 0 Å². The van der Waals surface area contributed by atoms with Crippen LogP contribution in [0.25, 0.3) is 5.57 Å². The van der Waals surface area contributed by atoms with Crippen molar-refractivity contribution in [3.05, 3.63) is 41.5 Å². The molecule has 0 fully saturated rings. The van der Waals surface area contributed by atoms with Crippen molar-refractivity contribution < 1.29 is 9.53 Å². The summed E-state index contributed by atoms with van der Waals surface area (Å²) in [6, 6.07) is 8.29. The van der Waals surface area contributed by atoms with E-state index < -0.39 is 0 Å². The average molecular weight is 202 g/mol. The number of ether oxygens (including phenoxy) is 1. The second kappa shape index (κ2) is 4.30. The second-order valence-corrected chi connectivity index (χ2v) is 3.71. The van der Waals surface area contributed by atoms with Gasteiger partial charge in [-0.05, 0) is 29.5 Å². The largest absolute Gasteiger partial charge is 0.461 e. The minimum atomic E-state index is -0.223. The Labute approximate surface area is 89.6 Å². The number of carbonyl (C=O) groups is 1. The molecule has 0 spiro atoms. The maximum Gasteiger partial charge on any atom is 0.302 e. The van der Waals surface area contributed by atoms with Gasteiger partial charge < -0.3 is 4.74 Å². The fraction of sp³-hybridized carbons (Fsp3) is 0.308. The summed E-state index contributed by atoms with van der Waals surface area (Å²) in [4.78, 5) is 10.7. The molecule has 0 saturated carbocycles. The lowest BCUT2D eigenvalue weighted by molar-refractivity contribution is -0.139. The summed E-state index contributed by atoms with van der Waals surface area (Å²) in [5.74, 6) is -0.223. The monoisotopic (exact) mass is 202 g/mol. The smallest absolute Gasteiger partial charge is 0.302 e. The van der Waals surface area contributed by atoms with Crippen LogP contribution in [0.4, 0.5) is 0 Å². The Kier molecular flexibility index (Phi) is 2.86. The first-order valence-corrected chi connectivity index (χ1v) is 5.18. The molecule has 0 aliphatic heterocycles. The molecule has 1 aromatic carbocycles. The predicted octanol–water partition coefficient (Wildman–Crippen LogP) is 2.58. The summed E-state index contributed by atoms with van der Waals surface area (Å²) in [5, 5.41) is 0. The van der Waals surface area contributed by atoms with Crippen molar-refractivity contribution >= 4 is 11.5 Å². The Morgan fingerprint density at radius 2 is 2.20 bits per heavy atom. The number of esters is 1. The van der Waals surface area contributed by atoms with Crippen molar-refractivity contribution in [2.45, 2.75) is 19.8 Å². The first-order valence-electron chi connectivity index (χ1n) is 5.18. The van der Waals surface area contributed by atoms with Crippen LogP contribution in [0.15, 0.2) is 30.3 Å². The van der Waals surface area contributed by atoms with E-state index in [1.54, 1.807) is 0 Å². The molecule has 1 aliphatic rings. The molecule has 0 atom stereocenters. The molecule has 0 amide bonds. The standard InChI is InChI=1S/C13H14O2/c1-10(14)15-9-12-7-4-6-11-5-2-3-8-13(11)12/h2-3,5,7-8H,4,6,9H2,1H3. The first-order chi connectivity index (χ1) is 7.27. The Hall–Kier alpha value is -1.57. The molecule has 78 valence electrons. The Morgan fingerprint density at radius 3 is 3.00 bits per heavy atom. The fourth-order valence-corrected chi connectivity index (χ4v) is 1.88. The SMILES string of the molecule is CC(=O)OCC1=CCCc2ccccc21. The van der Waals surface area contributed by atoms with E-state index >= 15 is 0 Å². The molecule has 1 aromatic rings. The van der Waals surface area contributed by atoms with Crippen molar-refractivity contribution in [2.24, 2.45) is 0 Å². The molecule has 0 bridgehead atoms. The van der Waals surface area contributed by atoms with E-state index in [1.807, 2.05) is 12.1 Å². The highest BCUT2D eigenvalue weighted by atomic mass is 16.5. The zero-order valence-corrected chi connectivity index (χ0v) is 8.82. The van der Waals surface area contributed by atoms with E-state index in [0.29, 0.717) is 6.61 Å². The number of benzene rings is 1. The van der Waals surface area contributed by atoms with Gasteiger partial charge in [0.05, 0.1) is 0 Å². The van der Waals surface area contributed by atoms with Crippen LogP contribution >= 0.6 is 0 Å². The van der Waals surface area contributed by atoms with Crippen molar-refractivity contribution in [2.75, 3.05) is 6.61 Å². The van der Waals surface area contributed by atoms with Gasteiger partial charge in [-0.25, -0.2) is 0 Å². The zero-order chi connectivity index (χ0) is 10.7. The molecule has 2 heteroatoms. The highest BCUT2D eigenvalue weighted by molar-refractivity contribution is 5.73. The Balaban J connectivity index is 2.19. The number of aryl methyl sites for hydroxylation is 1. The normalized spacial score (nSPS) is 14.1. The maximum atomic E-state index is 10.7. The van der Waals surface area contributed by atoms with E-state index in [1.165, 1.54) is 18.1 Å². The van der Waals surface area contributed by atoms with Gasteiger partial charge in [0, 0.05) is 6.92 Å². The van der Waals surface area contributed by atoms with Crippen LogP contribution in [0.2, 0.25) is 0 Å². The molecule has 2 nitrogen and oxygen atoms in total. The van der Waals surface area contributed by atoms with Gasteiger partial charge in [0.25, 0.3) is 0 Å². The summed E-state index contributed by atoms with van der Waals surface area (Å²) >= 11 is 0. The summed E-state index contributed by atoms with van der Waals surface area (Å²) in [6.07, 6.45) is 4.28. The predicted molar refractivity (Wildman–Crippen MR) is 59.4 cm³/mol. The van der Waals surface area contributed by atoms with Gasteiger partial charge in [0.15, 0.2) is 0 Å². The van der Waals surface area contributed by atoms with E-state index in [9.17, 15) is 4.79 Å². The summed E-state index contributed by atoms with van der Waals surface area (Å²) < 4.78 is 5.03. The third-order valence-corrected chi connectivity index (χ3v) is 2.60. The van der Waals surface area contributed by atoms with Crippen LogP contribution in [-0.4, -0.2) is 12.6 Å². The minimum absolute atomic E-state index is 0.223. The van der Waals surface area contributed by atoms with E-state index in [4.69, 9.17) is 4.74 Å². The van der Waals surface area contributed by atoms with Gasteiger partial charge in [0.1, 0.15) is 6.61 Å². The molecule has 15 heavy (non-hydrogen) atoms. The molecular weight excluding hydrogens is 188 g/mol. The Morgan fingerprint density at radius 1 is 1.40 bits per heavy atom. The lowest BCUT2D eigenvalue weighted by Crippen LogP contribution is -2.07. The second-order valence-electron chi connectivity index (χ2n) is 3.71. The topological polar surface area (TPSA) is 26.3 Å². The van der Waals surface area contributed by atoms with E-state index in [2.05, 4.69) is 18.2 Å². The van der Waals surface area contributed by atoms with Gasteiger partial charge in [-0.2, -0.15) is 0 Å².